The molecular weight excluding hydrogens is 236 g/mol. The van der Waals surface area contributed by atoms with Crippen molar-refractivity contribution in [3.05, 3.63) is 0 Å². The monoisotopic (exact) mass is 264 g/mol. The molecule has 0 heterocycles. The average molecular weight is 264 g/mol. The molecule has 1 amide bonds. The Labute approximate surface area is 116 Å². The summed E-state index contributed by atoms with van der Waals surface area (Å²) in [4.78, 5) is 12.6. The summed E-state index contributed by atoms with van der Waals surface area (Å²) in [6.45, 7) is 2.20. The SMILES string of the molecule is CCC1(NC(=O)C2CC3CCCC(C2)C3N)CCC1. The van der Waals surface area contributed by atoms with Gasteiger partial charge in [0.2, 0.25) is 5.91 Å². The van der Waals surface area contributed by atoms with Gasteiger partial charge in [-0.3, -0.25) is 4.79 Å². The summed E-state index contributed by atoms with van der Waals surface area (Å²) in [5, 5.41) is 3.37. The Morgan fingerprint density at radius 2 is 1.84 bits per heavy atom. The summed E-state index contributed by atoms with van der Waals surface area (Å²) < 4.78 is 0. The fourth-order valence-corrected chi connectivity index (χ4v) is 4.54. The minimum absolute atomic E-state index is 0.145. The first-order valence-corrected chi connectivity index (χ1v) is 8.21. The van der Waals surface area contributed by atoms with Gasteiger partial charge in [0.05, 0.1) is 0 Å². The molecule has 0 aliphatic heterocycles. The minimum Gasteiger partial charge on any atom is -0.350 e. The van der Waals surface area contributed by atoms with E-state index in [9.17, 15) is 4.79 Å². The largest absolute Gasteiger partial charge is 0.350 e. The number of carbonyl (C=O) groups is 1. The maximum absolute atomic E-state index is 12.6. The molecule has 0 spiro atoms. The molecule has 3 aliphatic rings. The fourth-order valence-electron chi connectivity index (χ4n) is 4.54. The normalized spacial score (nSPS) is 40.3. The highest BCUT2D eigenvalue weighted by Gasteiger charge is 2.43. The summed E-state index contributed by atoms with van der Waals surface area (Å²) >= 11 is 0. The van der Waals surface area contributed by atoms with Crippen LogP contribution < -0.4 is 11.1 Å². The molecule has 0 radical (unpaired) electrons. The Morgan fingerprint density at radius 1 is 1.21 bits per heavy atom. The van der Waals surface area contributed by atoms with Crippen LogP contribution in [-0.4, -0.2) is 17.5 Å². The van der Waals surface area contributed by atoms with Gasteiger partial charge in [-0.2, -0.15) is 0 Å². The van der Waals surface area contributed by atoms with Gasteiger partial charge in [-0.05, 0) is 63.2 Å². The second-order valence-corrected chi connectivity index (χ2v) is 7.17. The van der Waals surface area contributed by atoms with Gasteiger partial charge in [0.1, 0.15) is 0 Å². The fraction of sp³-hybridized carbons (Fsp3) is 0.938. The third kappa shape index (κ3) is 2.42. The molecule has 2 atom stereocenters. The van der Waals surface area contributed by atoms with Crippen LogP contribution in [0, 0.1) is 17.8 Å². The molecule has 2 bridgehead atoms. The molecule has 0 saturated heterocycles. The average Bonchev–Trinajstić information content (AvgIpc) is 2.33. The number of hydrogen-bond acceptors (Lipinski definition) is 2. The lowest BCUT2D eigenvalue weighted by Gasteiger charge is -2.46. The van der Waals surface area contributed by atoms with Gasteiger partial charge in [0.15, 0.2) is 0 Å². The van der Waals surface area contributed by atoms with Crippen molar-refractivity contribution in [1.82, 2.24) is 5.32 Å². The zero-order valence-electron chi connectivity index (χ0n) is 12.2. The number of nitrogens with one attached hydrogen (secondary N) is 1. The quantitative estimate of drug-likeness (QED) is 0.823. The summed E-state index contributed by atoms with van der Waals surface area (Å²) in [5.41, 5.74) is 6.45. The first-order valence-electron chi connectivity index (χ1n) is 8.21. The molecule has 0 aromatic rings. The predicted octanol–water partition coefficient (Wildman–Crippen LogP) is 2.59. The topological polar surface area (TPSA) is 55.1 Å². The van der Waals surface area contributed by atoms with Crippen LogP contribution in [0.25, 0.3) is 0 Å². The molecule has 0 aromatic carbocycles. The van der Waals surface area contributed by atoms with Crippen molar-refractivity contribution in [1.29, 1.82) is 0 Å². The van der Waals surface area contributed by atoms with E-state index in [1.165, 1.54) is 38.5 Å². The van der Waals surface area contributed by atoms with Crippen LogP contribution >= 0.6 is 0 Å². The van der Waals surface area contributed by atoms with E-state index < -0.39 is 0 Å². The third-order valence-electron chi connectivity index (χ3n) is 6.16. The van der Waals surface area contributed by atoms with Gasteiger partial charge in [-0.15, -0.1) is 0 Å². The van der Waals surface area contributed by atoms with Gasteiger partial charge in [0, 0.05) is 17.5 Å². The Hall–Kier alpha value is -0.570. The molecule has 108 valence electrons. The number of fused-ring (bicyclic) bond motifs is 2. The lowest BCUT2D eigenvalue weighted by Crippen LogP contribution is -2.56. The molecular formula is C16H28N2O. The standard InChI is InChI=1S/C16H28N2O/c1-2-16(7-4-8-16)18-15(19)13-9-11-5-3-6-12(10-13)14(11)17/h11-14H,2-10,17H2,1H3,(H,18,19). The van der Waals surface area contributed by atoms with Crippen molar-refractivity contribution in [3.8, 4) is 0 Å². The number of hydrogen-bond donors (Lipinski definition) is 2. The van der Waals surface area contributed by atoms with Gasteiger partial charge >= 0.3 is 0 Å². The van der Waals surface area contributed by atoms with E-state index in [0.717, 1.165) is 19.3 Å². The van der Waals surface area contributed by atoms with Crippen LogP contribution in [0.4, 0.5) is 0 Å². The Balaban J connectivity index is 1.61. The summed E-state index contributed by atoms with van der Waals surface area (Å²) in [5.74, 6) is 1.76. The summed E-state index contributed by atoms with van der Waals surface area (Å²) in [7, 11) is 0. The maximum atomic E-state index is 12.6. The molecule has 0 aromatic heterocycles. The van der Waals surface area contributed by atoms with Gasteiger partial charge in [-0.25, -0.2) is 0 Å². The van der Waals surface area contributed by atoms with Crippen molar-refractivity contribution < 1.29 is 4.79 Å². The van der Waals surface area contributed by atoms with E-state index in [4.69, 9.17) is 5.73 Å². The van der Waals surface area contributed by atoms with E-state index in [-0.39, 0.29) is 11.5 Å². The van der Waals surface area contributed by atoms with E-state index in [0.29, 0.717) is 23.8 Å². The van der Waals surface area contributed by atoms with Crippen LogP contribution in [0.3, 0.4) is 0 Å². The zero-order valence-corrected chi connectivity index (χ0v) is 12.2. The Kier molecular flexibility index (Phi) is 3.59. The second-order valence-electron chi connectivity index (χ2n) is 7.17. The second kappa shape index (κ2) is 5.08. The number of carbonyl (C=O) groups excluding carboxylic acids is 1. The number of rotatable bonds is 3. The molecule has 3 aliphatic carbocycles. The van der Waals surface area contributed by atoms with Crippen molar-refractivity contribution >= 4 is 5.91 Å². The van der Waals surface area contributed by atoms with Gasteiger partial charge in [-0.1, -0.05) is 13.3 Å². The highest BCUT2D eigenvalue weighted by molar-refractivity contribution is 5.79. The molecule has 3 heteroatoms. The van der Waals surface area contributed by atoms with E-state index in [1.54, 1.807) is 0 Å². The van der Waals surface area contributed by atoms with Gasteiger partial charge in [0.25, 0.3) is 0 Å². The van der Waals surface area contributed by atoms with Crippen LogP contribution in [0.1, 0.15) is 64.7 Å². The Morgan fingerprint density at radius 3 is 2.32 bits per heavy atom. The van der Waals surface area contributed by atoms with Gasteiger partial charge < -0.3 is 11.1 Å². The zero-order chi connectivity index (χ0) is 13.5. The van der Waals surface area contributed by atoms with Crippen molar-refractivity contribution in [3.63, 3.8) is 0 Å². The van der Waals surface area contributed by atoms with Crippen LogP contribution in [0.15, 0.2) is 0 Å². The molecule has 19 heavy (non-hydrogen) atoms. The number of nitrogens with two attached hydrogens (primary N) is 1. The van der Waals surface area contributed by atoms with E-state index in [1.807, 2.05) is 0 Å². The maximum Gasteiger partial charge on any atom is 0.223 e. The lowest BCUT2D eigenvalue weighted by molar-refractivity contribution is -0.131. The molecule has 3 N–H and O–H groups in total. The van der Waals surface area contributed by atoms with Crippen LogP contribution in [0.5, 0.6) is 0 Å². The van der Waals surface area contributed by atoms with Crippen LogP contribution in [-0.2, 0) is 4.79 Å². The summed E-state index contributed by atoms with van der Waals surface area (Å²) in [6, 6.07) is 0.363. The highest BCUT2D eigenvalue weighted by atomic mass is 16.2. The third-order valence-corrected chi connectivity index (χ3v) is 6.16. The van der Waals surface area contributed by atoms with E-state index in [2.05, 4.69) is 12.2 Å². The molecule has 3 fully saturated rings. The molecule has 3 nitrogen and oxygen atoms in total. The van der Waals surface area contributed by atoms with Crippen LogP contribution in [0.2, 0.25) is 0 Å². The minimum atomic E-state index is 0.145. The first kappa shape index (κ1) is 13.4. The molecule has 3 saturated carbocycles. The number of amides is 1. The summed E-state index contributed by atoms with van der Waals surface area (Å²) in [6.07, 6.45) is 10.6. The molecule has 3 rings (SSSR count). The van der Waals surface area contributed by atoms with Crippen molar-refractivity contribution in [2.75, 3.05) is 0 Å². The highest BCUT2D eigenvalue weighted by Crippen LogP contribution is 2.43. The smallest absolute Gasteiger partial charge is 0.223 e. The van der Waals surface area contributed by atoms with Crippen molar-refractivity contribution in [2.24, 2.45) is 23.5 Å². The first-order chi connectivity index (χ1) is 9.13. The predicted molar refractivity (Wildman–Crippen MR) is 76.5 cm³/mol. The Bertz CT molecular complexity index is 331. The molecule has 2 unspecified atom stereocenters. The van der Waals surface area contributed by atoms with Crippen molar-refractivity contribution in [2.45, 2.75) is 76.3 Å². The van der Waals surface area contributed by atoms with E-state index >= 15 is 0 Å². The lowest BCUT2D eigenvalue weighted by atomic mass is 9.64.